The molecule has 0 aliphatic rings. The lowest BCUT2D eigenvalue weighted by molar-refractivity contribution is 0.772. The van der Waals surface area contributed by atoms with Crippen LogP contribution in [0.2, 0.25) is 0 Å². The van der Waals surface area contributed by atoms with Gasteiger partial charge in [-0.1, -0.05) is 33.1 Å². The normalized spacial score (nSPS) is 9.94. The van der Waals surface area contributed by atoms with Gasteiger partial charge in [-0.15, -0.1) is 0 Å². The summed E-state index contributed by atoms with van der Waals surface area (Å²) in [6.07, 6.45) is 5.76. The average molecular weight is 220 g/mol. The van der Waals surface area contributed by atoms with Gasteiger partial charge in [0.15, 0.2) is 5.65 Å². The molecule has 0 fully saturated rings. The molecule has 0 atom stereocenters. The third kappa shape index (κ3) is 3.22. The Balaban J connectivity index is 0.000000221. The number of nitrogen functional groups attached to an aromatic ring is 1. The highest BCUT2D eigenvalue weighted by molar-refractivity contribution is 5.45. The molecule has 0 aliphatic carbocycles. The van der Waals surface area contributed by atoms with Crippen LogP contribution in [-0.4, -0.2) is 14.6 Å². The van der Waals surface area contributed by atoms with E-state index in [1.807, 2.05) is 13.0 Å². The summed E-state index contributed by atoms with van der Waals surface area (Å²) in [6.45, 7) is 6.33. The Labute approximate surface area is 96.5 Å². The first kappa shape index (κ1) is 12.5. The van der Waals surface area contributed by atoms with E-state index < -0.39 is 0 Å². The Morgan fingerprint density at radius 3 is 2.56 bits per heavy atom. The predicted molar refractivity (Wildman–Crippen MR) is 67.3 cm³/mol. The van der Waals surface area contributed by atoms with Crippen molar-refractivity contribution in [3.05, 3.63) is 24.0 Å². The molecule has 0 radical (unpaired) electrons. The van der Waals surface area contributed by atoms with E-state index >= 15 is 0 Å². The molecule has 4 nitrogen and oxygen atoms in total. The molecule has 0 aromatic carbocycles. The highest BCUT2D eigenvalue weighted by atomic mass is 15.3. The molecule has 0 amide bonds. The van der Waals surface area contributed by atoms with Gasteiger partial charge in [0.1, 0.15) is 5.82 Å². The minimum absolute atomic E-state index is 0.623. The first-order valence-corrected chi connectivity index (χ1v) is 5.75. The zero-order chi connectivity index (χ0) is 12.0. The Kier molecular flexibility index (Phi) is 4.76. The molecule has 4 heteroatoms. The van der Waals surface area contributed by atoms with Crippen molar-refractivity contribution in [1.29, 1.82) is 0 Å². The smallest absolute Gasteiger partial charge is 0.157 e. The molecule has 0 aliphatic heterocycles. The molecule has 0 unspecified atom stereocenters. The van der Waals surface area contributed by atoms with Crippen molar-refractivity contribution in [1.82, 2.24) is 14.6 Å². The van der Waals surface area contributed by atoms with Gasteiger partial charge in [-0.25, -0.2) is 4.98 Å². The Bertz CT molecular complexity index is 432. The van der Waals surface area contributed by atoms with Crippen LogP contribution < -0.4 is 5.73 Å². The number of hydrogen-bond donors (Lipinski definition) is 1. The van der Waals surface area contributed by atoms with Gasteiger partial charge in [0.05, 0.1) is 6.20 Å². The molecule has 88 valence electrons. The summed E-state index contributed by atoms with van der Waals surface area (Å²) >= 11 is 0. The van der Waals surface area contributed by atoms with E-state index in [9.17, 15) is 0 Å². The minimum Gasteiger partial charge on any atom is -0.384 e. The molecule has 2 N–H and O–H groups in total. The van der Waals surface area contributed by atoms with E-state index in [1.54, 1.807) is 16.8 Å². The van der Waals surface area contributed by atoms with E-state index in [0.29, 0.717) is 5.82 Å². The van der Waals surface area contributed by atoms with E-state index in [2.05, 4.69) is 23.9 Å². The van der Waals surface area contributed by atoms with Crippen LogP contribution in [0.4, 0.5) is 5.82 Å². The quantitative estimate of drug-likeness (QED) is 0.846. The highest BCUT2D eigenvalue weighted by Gasteiger charge is 1.98. The molecule has 2 rings (SSSR count). The van der Waals surface area contributed by atoms with E-state index in [-0.39, 0.29) is 0 Å². The largest absolute Gasteiger partial charge is 0.384 e. The van der Waals surface area contributed by atoms with E-state index in [1.165, 1.54) is 19.3 Å². The van der Waals surface area contributed by atoms with Crippen LogP contribution in [0.15, 0.2) is 18.3 Å². The number of aryl methyl sites for hydroxylation is 1. The summed E-state index contributed by atoms with van der Waals surface area (Å²) in [5.41, 5.74) is 7.37. The van der Waals surface area contributed by atoms with Crippen LogP contribution >= 0.6 is 0 Å². The standard InChI is InChI=1S/C7H8N4.C5H12/c1-5-4-6(8)11-7(10-5)2-3-9-11;1-3-5-4-2/h2-4H,8H2,1H3;3-5H2,1-2H3. The van der Waals surface area contributed by atoms with Crippen LogP contribution in [0, 0.1) is 6.92 Å². The molecule has 0 saturated carbocycles. The SMILES string of the molecule is CCCCC.Cc1cc(N)n2nccc2n1. The number of aromatic nitrogens is 3. The Morgan fingerprint density at radius 1 is 1.31 bits per heavy atom. The average Bonchev–Trinajstić information content (AvgIpc) is 2.68. The molecule has 2 heterocycles. The molecule has 2 aromatic rings. The zero-order valence-electron chi connectivity index (χ0n) is 10.3. The summed E-state index contributed by atoms with van der Waals surface area (Å²) in [6, 6.07) is 3.61. The minimum atomic E-state index is 0.623. The molecule has 0 spiro atoms. The summed E-state index contributed by atoms with van der Waals surface area (Å²) in [4.78, 5) is 4.22. The lowest BCUT2D eigenvalue weighted by atomic mass is 10.3. The van der Waals surface area contributed by atoms with Crippen LogP contribution in [0.5, 0.6) is 0 Å². The number of unbranched alkanes of at least 4 members (excludes halogenated alkanes) is 2. The van der Waals surface area contributed by atoms with Crippen LogP contribution in [0.1, 0.15) is 38.8 Å². The van der Waals surface area contributed by atoms with Gasteiger partial charge in [0.25, 0.3) is 0 Å². The summed E-state index contributed by atoms with van der Waals surface area (Å²) < 4.78 is 1.60. The maximum atomic E-state index is 5.66. The van der Waals surface area contributed by atoms with Crippen molar-refractivity contribution in [2.75, 3.05) is 5.73 Å². The predicted octanol–water partition coefficient (Wildman–Crippen LogP) is 2.82. The zero-order valence-corrected chi connectivity index (χ0v) is 10.3. The van der Waals surface area contributed by atoms with Gasteiger partial charge < -0.3 is 5.73 Å². The van der Waals surface area contributed by atoms with Crippen LogP contribution in [-0.2, 0) is 0 Å². The fourth-order valence-corrected chi connectivity index (χ4v) is 1.42. The van der Waals surface area contributed by atoms with Crippen LogP contribution in [0.25, 0.3) is 5.65 Å². The number of nitrogens with zero attached hydrogens (tertiary/aromatic N) is 3. The first-order chi connectivity index (χ1) is 7.69. The summed E-state index contributed by atoms with van der Waals surface area (Å²) in [5.74, 6) is 0.623. The second-order valence-electron chi connectivity index (χ2n) is 3.78. The van der Waals surface area contributed by atoms with Gasteiger partial charge in [0, 0.05) is 17.8 Å². The van der Waals surface area contributed by atoms with Crippen molar-refractivity contribution in [3.8, 4) is 0 Å². The van der Waals surface area contributed by atoms with Crippen molar-refractivity contribution in [2.45, 2.75) is 40.0 Å². The monoisotopic (exact) mass is 220 g/mol. The van der Waals surface area contributed by atoms with E-state index in [4.69, 9.17) is 5.73 Å². The number of nitrogens with two attached hydrogens (primary N) is 1. The fourth-order valence-electron chi connectivity index (χ4n) is 1.42. The summed E-state index contributed by atoms with van der Waals surface area (Å²) in [5, 5.41) is 3.99. The molecule has 2 aromatic heterocycles. The summed E-state index contributed by atoms with van der Waals surface area (Å²) in [7, 11) is 0. The third-order valence-corrected chi connectivity index (χ3v) is 2.22. The highest BCUT2D eigenvalue weighted by Crippen LogP contribution is 2.06. The van der Waals surface area contributed by atoms with Crippen molar-refractivity contribution in [2.24, 2.45) is 0 Å². The van der Waals surface area contributed by atoms with Crippen molar-refractivity contribution < 1.29 is 0 Å². The first-order valence-electron chi connectivity index (χ1n) is 5.75. The molecule has 0 bridgehead atoms. The molecule has 16 heavy (non-hydrogen) atoms. The lowest BCUT2D eigenvalue weighted by Crippen LogP contribution is -2.00. The third-order valence-electron chi connectivity index (χ3n) is 2.22. The maximum Gasteiger partial charge on any atom is 0.157 e. The molecular weight excluding hydrogens is 200 g/mol. The fraction of sp³-hybridized carbons (Fsp3) is 0.500. The number of rotatable bonds is 2. The lowest BCUT2D eigenvalue weighted by Gasteiger charge is -1.98. The van der Waals surface area contributed by atoms with Gasteiger partial charge >= 0.3 is 0 Å². The topological polar surface area (TPSA) is 56.2 Å². The molecule has 0 saturated heterocycles. The van der Waals surface area contributed by atoms with E-state index in [0.717, 1.165) is 11.3 Å². The van der Waals surface area contributed by atoms with Crippen molar-refractivity contribution in [3.63, 3.8) is 0 Å². The molecular formula is C12H20N4. The number of hydrogen-bond acceptors (Lipinski definition) is 3. The Hall–Kier alpha value is -1.58. The number of fused-ring (bicyclic) bond motifs is 1. The Morgan fingerprint density at radius 2 is 2.00 bits per heavy atom. The second-order valence-corrected chi connectivity index (χ2v) is 3.78. The van der Waals surface area contributed by atoms with Gasteiger partial charge in [0.2, 0.25) is 0 Å². The maximum absolute atomic E-state index is 5.66. The van der Waals surface area contributed by atoms with Gasteiger partial charge in [-0.05, 0) is 6.92 Å². The van der Waals surface area contributed by atoms with Gasteiger partial charge in [-0.2, -0.15) is 9.61 Å². The van der Waals surface area contributed by atoms with Crippen LogP contribution in [0.3, 0.4) is 0 Å². The van der Waals surface area contributed by atoms with Crippen molar-refractivity contribution >= 4 is 11.5 Å². The second kappa shape index (κ2) is 6.10. The van der Waals surface area contributed by atoms with Gasteiger partial charge in [-0.3, -0.25) is 0 Å². The number of anilines is 1.